The molecule has 1 heteroatoms. The van der Waals surface area contributed by atoms with Gasteiger partial charge in [-0.05, 0) is 49.5 Å². The third-order valence-electron chi connectivity index (χ3n) is 3.22. The number of aryl methyl sites for hydroxylation is 2. The number of rotatable bonds is 5. The van der Waals surface area contributed by atoms with E-state index in [4.69, 9.17) is 0 Å². The van der Waals surface area contributed by atoms with Crippen LogP contribution in [-0.2, 0) is 11.2 Å². The maximum atomic E-state index is 11.9. The van der Waals surface area contributed by atoms with Crippen molar-refractivity contribution in [3.05, 3.63) is 46.5 Å². The number of allylic oxidation sites excluding steroid dienone is 2. The molecule has 1 aromatic carbocycles. The van der Waals surface area contributed by atoms with Gasteiger partial charge in [0.2, 0.25) is 0 Å². The molecule has 0 aromatic heterocycles. The Morgan fingerprint density at radius 3 is 2.29 bits per heavy atom. The van der Waals surface area contributed by atoms with Gasteiger partial charge in [0, 0.05) is 6.42 Å². The summed E-state index contributed by atoms with van der Waals surface area (Å²) in [5.41, 5.74) is 4.88. The molecule has 0 N–H and O–H groups in total. The van der Waals surface area contributed by atoms with Gasteiger partial charge >= 0.3 is 0 Å². The van der Waals surface area contributed by atoms with Crippen molar-refractivity contribution in [1.29, 1.82) is 0 Å². The van der Waals surface area contributed by atoms with Gasteiger partial charge in [0.15, 0.2) is 5.78 Å². The first-order valence-electron chi connectivity index (χ1n) is 6.35. The van der Waals surface area contributed by atoms with Crippen LogP contribution in [0.15, 0.2) is 29.8 Å². The number of carbonyl (C=O) groups excluding carboxylic acids is 1. The van der Waals surface area contributed by atoms with Gasteiger partial charge in [-0.15, -0.1) is 0 Å². The average molecular weight is 230 g/mol. The highest BCUT2D eigenvalue weighted by atomic mass is 16.1. The highest BCUT2D eigenvalue weighted by Crippen LogP contribution is 2.12. The van der Waals surface area contributed by atoms with E-state index in [0.29, 0.717) is 6.42 Å². The van der Waals surface area contributed by atoms with E-state index in [1.807, 2.05) is 12.1 Å². The van der Waals surface area contributed by atoms with Crippen LogP contribution in [0.3, 0.4) is 0 Å². The maximum absolute atomic E-state index is 11.9. The van der Waals surface area contributed by atoms with Crippen molar-refractivity contribution < 1.29 is 4.79 Å². The normalized spacial score (nSPS) is 10.1. The Balaban J connectivity index is 2.74. The first kappa shape index (κ1) is 13.7. The second kappa shape index (κ2) is 6.39. The molecular weight excluding hydrogens is 208 g/mol. The lowest BCUT2D eigenvalue weighted by molar-refractivity contribution is -0.114. The van der Waals surface area contributed by atoms with E-state index in [1.54, 1.807) is 0 Å². The van der Waals surface area contributed by atoms with E-state index in [2.05, 4.69) is 39.8 Å². The number of ketones is 1. The van der Waals surface area contributed by atoms with E-state index in [9.17, 15) is 4.79 Å². The second-order valence-corrected chi connectivity index (χ2v) is 4.57. The van der Waals surface area contributed by atoms with Crippen molar-refractivity contribution in [3.8, 4) is 0 Å². The molecular formula is C16H22O. The van der Waals surface area contributed by atoms with Gasteiger partial charge in [-0.25, -0.2) is 0 Å². The summed E-state index contributed by atoms with van der Waals surface area (Å²) in [6.07, 6.45) is 4.27. The summed E-state index contributed by atoms with van der Waals surface area (Å²) in [7, 11) is 0. The Morgan fingerprint density at radius 1 is 1.12 bits per heavy atom. The number of hydrogen-bond acceptors (Lipinski definition) is 1. The molecule has 0 radical (unpaired) electrons. The third-order valence-corrected chi connectivity index (χ3v) is 3.22. The van der Waals surface area contributed by atoms with Gasteiger partial charge in [0.05, 0.1) is 0 Å². The van der Waals surface area contributed by atoms with Crippen molar-refractivity contribution in [2.24, 2.45) is 0 Å². The van der Waals surface area contributed by atoms with Crippen molar-refractivity contribution >= 4 is 5.78 Å². The predicted molar refractivity (Wildman–Crippen MR) is 73.3 cm³/mol. The van der Waals surface area contributed by atoms with Gasteiger partial charge in [0.25, 0.3) is 0 Å². The fourth-order valence-electron chi connectivity index (χ4n) is 1.85. The Labute approximate surface area is 105 Å². The van der Waals surface area contributed by atoms with Crippen LogP contribution in [0.25, 0.3) is 0 Å². The zero-order valence-corrected chi connectivity index (χ0v) is 11.3. The first-order chi connectivity index (χ1) is 8.06. The summed E-state index contributed by atoms with van der Waals surface area (Å²) in [5, 5.41) is 0. The van der Waals surface area contributed by atoms with Crippen LogP contribution in [0.5, 0.6) is 0 Å². The smallest absolute Gasteiger partial charge is 0.160 e. The molecule has 0 aliphatic carbocycles. The molecule has 0 bridgehead atoms. The number of benzene rings is 1. The molecule has 0 fully saturated rings. The van der Waals surface area contributed by atoms with Gasteiger partial charge < -0.3 is 0 Å². The van der Waals surface area contributed by atoms with Crippen molar-refractivity contribution in [3.63, 3.8) is 0 Å². The minimum atomic E-state index is 0.215. The fourth-order valence-corrected chi connectivity index (χ4v) is 1.85. The zero-order chi connectivity index (χ0) is 12.8. The minimum Gasteiger partial charge on any atom is -0.294 e. The molecule has 0 heterocycles. The number of hydrogen-bond donors (Lipinski definition) is 0. The van der Waals surface area contributed by atoms with Gasteiger partial charge in [-0.1, -0.05) is 37.6 Å². The molecule has 0 atom stereocenters. The molecule has 92 valence electrons. The molecule has 0 saturated heterocycles. The SMILES string of the molecule is CCC(=CC(=O)Cc1ccc(C)c(C)c1)CC. The molecule has 0 spiro atoms. The van der Waals surface area contributed by atoms with E-state index >= 15 is 0 Å². The van der Waals surface area contributed by atoms with Crippen molar-refractivity contribution in [2.45, 2.75) is 47.0 Å². The molecule has 1 rings (SSSR count). The Kier molecular flexibility index (Phi) is 5.14. The van der Waals surface area contributed by atoms with E-state index in [0.717, 1.165) is 18.4 Å². The highest BCUT2D eigenvalue weighted by molar-refractivity contribution is 5.92. The zero-order valence-electron chi connectivity index (χ0n) is 11.3. The summed E-state index contributed by atoms with van der Waals surface area (Å²) in [6.45, 7) is 8.37. The molecule has 1 aromatic rings. The Bertz CT molecular complexity index is 421. The Morgan fingerprint density at radius 2 is 1.76 bits per heavy atom. The monoisotopic (exact) mass is 230 g/mol. The summed E-state index contributed by atoms with van der Waals surface area (Å²) >= 11 is 0. The lowest BCUT2D eigenvalue weighted by atomic mass is 10.0. The van der Waals surface area contributed by atoms with Crippen LogP contribution in [0.1, 0.15) is 43.4 Å². The topological polar surface area (TPSA) is 17.1 Å². The first-order valence-corrected chi connectivity index (χ1v) is 6.35. The molecule has 17 heavy (non-hydrogen) atoms. The molecule has 0 aliphatic heterocycles. The van der Waals surface area contributed by atoms with Crippen LogP contribution in [0, 0.1) is 13.8 Å². The van der Waals surface area contributed by atoms with Crippen LogP contribution in [-0.4, -0.2) is 5.78 Å². The lowest BCUT2D eigenvalue weighted by Gasteiger charge is -2.04. The second-order valence-electron chi connectivity index (χ2n) is 4.57. The van der Waals surface area contributed by atoms with Crippen LogP contribution < -0.4 is 0 Å². The standard InChI is InChI=1S/C16H22O/c1-5-14(6-2)10-16(17)11-15-8-7-12(3)13(4)9-15/h7-10H,5-6,11H2,1-4H3. The van der Waals surface area contributed by atoms with Gasteiger partial charge in [-0.2, -0.15) is 0 Å². The van der Waals surface area contributed by atoms with Crippen LogP contribution in [0.4, 0.5) is 0 Å². The van der Waals surface area contributed by atoms with E-state index < -0.39 is 0 Å². The van der Waals surface area contributed by atoms with Gasteiger partial charge in [0.1, 0.15) is 0 Å². The summed E-state index contributed by atoms with van der Waals surface area (Å²) in [5.74, 6) is 0.215. The number of carbonyl (C=O) groups is 1. The van der Waals surface area contributed by atoms with Crippen molar-refractivity contribution in [2.75, 3.05) is 0 Å². The lowest BCUT2D eigenvalue weighted by Crippen LogP contribution is -2.01. The summed E-state index contributed by atoms with van der Waals surface area (Å²) < 4.78 is 0. The molecule has 0 unspecified atom stereocenters. The van der Waals surface area contributed by atoms with Gasteiger partial charge in [-0.3, -0.25) is 4.79 Å². The molecule has 1 nitrogen and oxygen atoms in total. The largest absolute Gasteiger partial charge is 0.294 e. The van der Waals surface area contributed by atoms with Crippen molar-refractivity contribution in [1.82, 2.24) is 0 Å². The van der Waals surface area contributed by atoms with Crippen LogP contribution >= 0.6 is 0 Å². The Hall–Kier alpha value is -1.37. The third kappa shape index (κ3) is 4.18. The maximum Gasteiger partial charge on any atom is 0.160 e. The predicted octanol–water partition coefficient (Wildman–Crippen LogP) is 4.16. The molecule has 0 amide bonds. The summed E-state index contributed by atoms with van der Waals surface area (Å²) in [6, 6.07) is 6.24. The molecule has 0 saturated carbocycles. The van der Waals surface area contributed by atoms with E-state index in [-0.39, 0.29) is 5.78 Å². The molecule has 0 aliphatic rings. The van der Waals surface area contributed by atoms with Crippen LogP contribution in [0.2, 0.25) is 0 Å². The average Bonchev–Trinajstić information content (AvgIpc) is 2.31. The summed E-state index contributed by atoms with van der Waals surface area (Å²) in [4.78, 5) is 11.9. The fraction of sp³-hybridized carbons (Fsp3) is 0.438. The quantitative estimate of drug-likeness (QED) is 0.694. The minimum absolute atomic E-state index is 0.215. The highest BCUT2D eigenvalue weighted by Gasteiger charge is 2.03. The van der Waals surface area contributed by atoms with E-state index in [1.165, 1.54) is 16.7 Å².